The van der Waals surface area contributed by atoms with Gasteiger partial charge in [0.15, 0.2) is 0 Å². The van der Waals surface area contributed by atoms with Gasteiger partial charge in [-0.05, 0) is 25.5 Å². The number of carboxylic acid groups (broad SMARTS) is 1. The number of carbonyl (C=O) groups is 2. The lowest BCUT2D eigenvalue weighted by Gasteiger charge is -2.16. The van der Waals surface area contributed by atoms with Crippen LogP contribution in [-0.4, -0.2) is 24.1 Å². The molecule has 1 aliphatic rings. The van der Waals surface area contributed by atoms with Crippen molar-refractivity contribution in [2.45, 2.75) is 19.3 Å². The van der Waals surface area contributed by atoms with Gasteiger partial charge in [0, 0.05) is 11.8 Å². The molecule has 90 valence electrons. The highest BCUT2D eigenvalue weighted by atomic mass is 16.5. The summed E-state index contributed by atoms with van der Waals surface area (Å²) in [5.74, 6) is -0.967. The molecule has 2 rings (SSSR count). The van der Waals surface area contributed by atoms with Crippen molar-refractivity contribution in [3.63, 3.8) is 0 Å². The highest BCUT2D eigenvalue weighted by molar-refractivity contribution is 6.07. The number of anilines is 1. The van der Waals surface area contributed by atoms with Gasteiger partial charge in [0.25, 0.3) is 0 Å². The Morgan fingerprint density at radius 2 is 2.06 bits per heavy atom. The fourth-order valence-corrected chi connectivity index (χ4v) is 1.94. The normalized spacial score (nSPS) is 16.3. The van der Waals surface area contributed by atoms with Gasteiger partial charge >= 0.3 is 5.97 Å². The Morgan fingerprint density at radius 3 is 2.59 bits per heavy atom. The van der Waals surface area contributed by atoms with E-state index in [0.29, 0.717) is 11.3 Å². The van der Waals surface area contributed by atoms with Gasteiger partial charge in [-0.15, -0.1) is 0 Å². The summed E-state index contributed by atoms with van der Waals surface area (Å²) < 4.78 is 5.00. The molecule has 0 saturated carbocycles. The lowest BCUT2D eigenvalue weighted by Crippen LogP contribution is -2.27. The monoisotopic (exact) mass is 235 g/mol. The van der Waals surface area contributed by atoms with E-state index in [2.05, 4.69) is 5.32 Å². The zero-order valence-corrected chi connectivity index (χ0v) is 9.83. The van der Waals surface area contributed by atoms with E-state index >= 15 is 0 Å². The molecule has 1 aromatic carbocycles. The average molecular weight is 235 g/mol. The van der Waals surface area contributed by atoms with Crippen LogP contribution >= 0.6 is 0 Å². The second-order valence-electron chi connectivity index (χ2n) is 4.48. The van der Waals surface area contributed by atoms with E-state index in [1.165, 1.54) is 13.2 Å². The Hall–Kier alpha value is -2.04. The van der Waals surface area contributed by atoms with Crippen molar-refractivity contribution in [2.24, 2.45) is 0 Å². The summed E-state index contributed by atoms with van der Waals surface area (Å²) in [4.78, 5) is 22.8. The molecule has 5 nitrogen and oxygen atoms in total. The van der Waals surface area contributed by atoms with Gasteiger partial charge in [0.05, 0.1) is 12.5 Å². The number of carbonyl (C=O) groups excluding carboxylic acids is 1. The summed E-state index contributed by atoms with van der Waals surface area (Å²) in [7, 11) is 1.40. The first-order chi connectivity index (χ1) is 7.87. The van der Waals surface area contributed by atoms with Crippen LogP contribution in [0.5, 0.6) is 5.75 Å². The molecule has 0 atom stereocenters. The molecular weight excluding hydrogens is 222 g/mol. The third-order valence-electron chi connectivity index (χ3n) is 3.06. The molecule has 1 amide bonds. The van der Waals surface area contributed by atoms with Crippen LogP contribution in [0.1, 0.15) is 29.8 Å². The zero-order valence-electron chi connectivity index (χ0n) is 9.83. The van der Waals surface area contributed by atoms with Crippen LogP contribution in [0.2, 0.25) is 0 Å². The fraction of sp³-hybridized carbons (Fsp3) is 0.333. The predicted octanol–water partition coefficient (Wildman–Crippen LogP) is 1.62. The third-order valence-corrected chi connectivity index (χ3v) is 3.06. The number of aromatic carboxylic acids is 1. The van der Waals surface area contributed by atoms with E-state index in [1.807, 2.05) is 0 Å². The fourth-order valence-electron chi connectivity index (χ4n) is 1.94. The lowest BCUT2D eigenvalue weighted by molar-refractivity contribution is -0.119. The Bertz CT molecular complexity index is 519. The van der Waals surface area contributed by atoms with E-state index in [-0.39, 0.29) is 17.2 Å². The minimum atomic E-state index is -1.07. The number of benzene rings is 1. The number of nitrogens with one attached hydrogen (secondary N) is 1. The molecule has 0 saturated heterocycles. The van der Waals surface area contributed by atoms with Crippen LogP contribution in [0.4, 0.5) is 5.69 Å². The lowest BCUT2D eigenvalue weighted by atomic mass is 9.85. The van der Waals surface area contributed by atoms with E-state index in [9.17, 15) is 9.59 Å². The molecule has 2 N–H and O–H groups in total. The predicted molar refractivity (Wildman–Crippen MR) is 61.6 cm³/mol. The number of ether oxygens (including phenoxy) is 1. The van der Waals surface area contributed by atoms with Crippen LogP contribution < -0.4 is 10.1 Å². The number of rotatable bonds is 2. The van der Waals surface area contributed by atoms with Gasteiger partial charge in [-0.25, -0.2) is 4.79 Å². The third kappa shape index (κ3) is 1.54. The molecule has 0 unspecified atom stereocenters. The molecule has 1 aliphatic heterocycles. The number of fused-ring (bicyclic) bond motifs is 1. The molecule has 5 heteroatoms. The summed E-state index contributed by atoms with van der Waals surface area (Å²) in [6.45, 7) is 3.51. The SMILES string of the molecule is COc1cc2c(cc1C(=O)O)C(C)(C)C(=O)N2. The second-order valence-corrected chi connectivity index (χ2v) is 4.48. The summed E-state index contributed by atoms with van der Waals surface area (Å²) in [5, 5.41) is 11.8. The van der Waals surface area contributed by atoms with Gasteiger partial charge in [0.2, 0.25) is 5.91 Å². The summed E-state index contributed by atoms with van der Waals surface area (Å²) in [6, 6.07) is 3.04. The molecule has 0 radical (unpaired) electrons. The first-order valence-electron chi connectivity index (χ1n) is 5.15. The molecular formula is C12H13NO4. The smallest absolute Gasteiger partial charge is 0.339 e. The quantitative estimate of drug-likeness (QED) is 0.816. The largest absolute Gasteiger partial charge is 0.496 e. The average Bonchev–Trinajstić information content (AvgIpc) is 2.48. The van der Waals surface area contributed by atoms with Crippen LogP contribution in [0.15, 0.2) is 12.1 Å². The first kappa shape index (κ1) is 11.4. The zero-order chi connectivity index (χ0) is 12.8. The van der Waals surface area contributed by atoms with E-state index < -0.39 is 11.4 Å². The van der Waals surface area contributed by atoms with Crippen LogP contribution in [0.3, 0.4) is 0 Å². The van der Waals surface area contributed by atoms with Gasteiger partial charge in [-0.2, -0.15) is 0 Å². The maximum absolute atomic E-state index is 11.7. The van der Waals surface area contributed by atoms with Crippen LogP contribution in [-0.2, 0) is 10.2 Å². The highest BCUT2D eigenvalue weighted by Gasteiger charge is 2.39. The standard InChI is InChI=1S/C12H13NO4/c1-12(2)7-4-6(10(14)15)9(17-3)5-8(7)13-11(12)16/h4-5H,1-3H3,(H,13,16)(H,14,15). The molecule has 1 heterocycles. The maximum Gasteiger partial charge on any atom is 0.339 e. The summed E-state index contributed by atoms with van der Waals surface area (Å²) >= 11 is 0. The summed E-state index contributed by atoms with van der Waals surface area (Å²) in [6.07, 6.45) is 0. The number of hydrogen-bond donors (Lipinski definition) is 2. The molecule has 17 heavy (non-hydrogen) atoms. The second kappa shape index (κ2) is 3.48. The van der Waals surface area contributed by atoms with Crippen LogP contribution in [0.25, 0.3) is 0 Å². The molecule has 0 aliphatic carbocycles. The topological polar surface area (TPSA) is 75.6 Å². The van der Waals surface area contributed by atoms with E-state index in [0.717, 1.165) is 0 Å². The van der Waals surface area contributed by atoms with Gasteiger partial charge in [0.1, 0.15) is 11.3 Å². The van der Waals surface area contributed by atoms with Gasteiger partial charge in [-0.3, -0.25) is 4.79 Å². The van der Waals surface area contributed by atoms with E-state index in [1.54, 1.807) is 19.9 Å². The Labute approximate surface area is 98.4 Å². The minimum absolute atomic E-state index is 0.0656. The van der Waals surface area contributed by atoms with Crippen molar-refractivity contribution in [1.82, 2.24) is 0 Å². The van der Waals surface area contributed by atoms with Crippen molar-refractivity contribution in [2.75, 3.05) is 12.4 Å². The van der Waals surface area contributed by atoms with E-state index in [4.69, 9.17) is 9.84 Å². The Kier molecular flexibility index (Phi) is 2.34. The maximum atomic E-state index is 11.7. The number of carboxylic acids is 1. The molecule has 0 spiro atoms. The molecule has 0 fully saturated rings. The number of amides is 1. The molecule has 0 aromatic heterocycles. The van der Waals surface area contributed by atoms with Crippen LogP contribution in [0, 0.1) is 0 Å². The number of methoxy groups -OCH3 is 1. The van der Waals surface area contributed by atoms with Crippen molar-refractivity contribution in [1.29, 1.82) is 0 Å². The van der Waals surface area contributed by atoms with Crippen molar-refractivity contribution >= 4 is 17.6 Å². The molecule has 0 bridgehead atoms. The highest BCUT2D eigenvalue weighted by Crippen LogP contribution is 2.40. The Morgan fingerprint density at radius 1 is 1.41 bits per heavy atom. The van der Waals surface area contributed by atoms with Gasteiger partial charge in [-0.1, -0.05) is 0 Å². The molecule has 1 aromatic rings. The minimum Gasteiger partial charge on any atom is -0.496 e. The van der Waals surface area contributed by atoms with Crippen molar-refractivity contribution in [3.05, 3.63) is 23.3 Å². The first-order valence-corrected chi connectivity index (χ1v) is 5.15. The van der Waals surface area contributed by atoms with Crippen molar-refractivity contribution in [3.8, 4) is 5.75 Å². The van der Waals surface area contributed by atoms with Gasteiger partial charge < -0.3 is 15.2 Å². The number of hydrogen-bond acceptors (Lipinski definition) is 3. The van der Waals surface area contributed by atoms with Crippen molar-refractivity contribution < 1.29 is 19.4 Å². The summed E-state index contributed by atoms with van der Waals surface area (Å²) in [5.41, 5.74) is 0.643. The Balaban J connectivity index is 2.67.